The molecule has 2 aliphatic heterocycles. The molecule has 2 amide bonds. The van der Waals surface area contributed by atoms with E-state index < -0.39 is 5.91 Å². The van der Waals surface area contributed by atoms with E-state index in [-0.39, 0.29) is 11.5 Å². The summed E-state index contributed by atoms with van der Waals surface area (Å²) in [7, 11) is 1.39. The molecule has 0 N–H and O–H groups in total. The summed E-state index contributed by atoms with van der Waals surface area (Å²) in [6, 6.07) is 9.98. The molecule has 3 rings (SSSR count). The van der Waals surface area contributed by atoms with E-state index >= 15 is 0 Å². The molecule has 0 saturated carbocycles. The van der Waals surface area contributed by atoms with Crippen LogP contribution in [0.15, 0.2) is 67.2 Å². The number of carbonyl (C=O) groups is 2. The Morgan fingerprint density at radius 1 is 1.09 bits per heavy atom. The molecule has 2 aliphatic rings. The van der Waals surface area contributed by atoms with Crippen molar-refractivity contribution < 1.29 is 9.59 Å². The van der Waals surface area contributed by atoms with Crippen LogP contribution in [0.2, 0.25) is 0 Å². The van der Waals surface area contributed by atoms with Crippen molar-refractivity contribution >= 4 is 35.3 Å². The second-order valence-electron chi connectivity index (χ2n) is 5.00. The second-order valence-corrected chi connectivity index (χ2v) is 7.42. The highest BCUT2D eigenvalue weighted by molar-refractivity contribution is 8.24. The number of hydrogen-bond donors (Lipinski definition) is 0. The van der Waals surface area contributed by atoms with Crippen molar-refractivity contribution in [3.8, 4) is 6.07 Å². The number of nitriles is 1. The Labute approximate surface area is 142 Å². The summed E-state index contributed by atoms with van der Waals surface area (Å²) < 4.78 is 1.05. The van der Waals surface area contributed by atoms with Crippen molar-refractivity contribution in [2.75, 3.05) is 7.05 Å². The number of likely N-dealkylation sites (N-methyl/N-ethyl adjacent to an activating group) is 1. The van der Waals surface area contributed by atoms with E-state index in [1.807, 2.05) is 24.3 Å². The molecule has 0 fully saturated rings. The van der Waals surface area contributed by atoms with Gasteiger partial charge < -0.3 is 0 Å². The van der Waals surface area contributed by atoms with E-state index in [1.165, 1.54) is 16.8 Å². The normalized spacial score (nSPS) is 19.3. The Morgan fingerprint density at radius 2 is 1.70 bits per heavy atom. The minimum absolute atomic E-state index is 0.0202. The van der Waals surface area contributed by atoms with Crippen LogP contribution in [0.4, 0.5) is 0 Å². The van der Waals surface area contributed by atoms with Gasteiger partial charge >= 0.3 is 0 Å². The predicted molar refractivity (Wildman–Crippen MR) is 90.4 cm³/mol. The maximum absolute atomic E-state index is 12.3. The highest BCUT2D eigenvalue weighted by Crippen LogP contribution is 2.50. The molecule has 23 heavy (non-hydrogen) atoms. The van der Waals surface area contributed by atoms with Gasteiger partial charge in [0.15, 0.2) is 0 Å². The molecule has 114 valence electrons. The maximum atomic E-state index is 12.3. The molecule has 0 saturated heterocycles. The summed E-state index contributed by atoms with van der Waals surface area (Å²) >= 11 is 3.28. The molecule has 0 aliphatic carbocycles. The van der Waals surface area contributed by atoms with Gasteiger partial charge in [-0.2, -0.15) is 5.26 Å². The fourth-order valence-electron chi connectivity index (χ4n) is 2.30. The molecular formula is C17H12N2O2S2. The lowest BCUT2D eigenvalue weighted by molar-refractivity contribution is -0.138. The fraction of sp³-hybridized carbons (Fsp3) is 0.118. The van der Waals surface area contributed by atoms with Gasteiger partial charge in [-0.3, -0.25) is 14.5 Å². The van der Waals surface area contributed by atoms with Crippen LogP contribution < -0.4 is 0 Å². The average molecular weight is 340 g/mol. The van der Waals surface area contributed by atoms with Gasteiger partial charge in [0.1, 0.15) is 11.6 Å². The number of carbonyl (C=O) groups excluding carboxylic acids is 2. The van der Waals surface area contributed by atoms with Crippen molar-refractivity contribution in [1.29, 1.82) is 5.26 Å². The van der Waals surface area contributed by atoms with Crippen LogP contribution in [0.5, 0.6) is 0 Å². The van der Waals surface area contributed by atoms with Gasteiger partial charge in [0, 0.05) is 26.6 Å². The van der Waals surface area contributed by atoms with Crippen molar-refractivity contribution in [3.63, 3.8) is 0 Å². The molecule has 0 atom stereocenters. The summed E-state index contributed by atoms with van der Waals surface area (Å²) in [4.78, 5) is 27.6. The van der Waals surface area contributed by atoms with E-state index in [1.54, 1.807) is 36.5 Å². The summed E-state index contributed by atoms with van der Waals surface area (Å²) in [5.74, 6) is -0.925. The molecule has 0 aromatic heterocycles. The van der Waals surface area contributed by atoms with Crippen LogP contribution in [-0.4, -0.2) is 23.8 Å². The minimum Gasteiger partial charge on any atom is -0.277 e. The number of fused-ring (bicyclic) bond motifs is 1. The number of thioether (sulfide) groups is 2. The monoisotopic (exact) mass is 340 g/mol. The minimum atomic E-state index is -0.545. The van der Waals surface area contributed by atoms with Crippen LogP contribution in [0, 0.1) is 11.3 Å². The van der Waals surface area contributed by atoms with Crippen LogP contribution in [-0.2, 0) is 9.59 Å². The Balaban J connectivity index is 1.95. The second kappa shape index (κ2) is 6.11. The quantitative estimate of drug-likeness (QED) is 0.578. The van der Waals surface area contributed by atoms with Gasteiger partial charge in [-0.05, 0) is 36.8 Å². The van der Waals surface area contributed by atoms with E-state index in [9.17, 15) is 9.59 Å². The van der Waals surface area contributed by atoms with Crippen molar-refractivity contribution in [2.24, 2.45) is 0 Å². The third-order valence-electron chi connectivity index (χ3n) is 3.60. The van der Waals surface area contributed by atoms with Crippen LogP contribution in [0.3, 0.4) is 0 Å². The first-order valence-corrected chi connectivity index (χ1v) is 8.46. The van der Waals surface area contributed by atoms with E-state index in [0.29, 0.717) is 11.1 Å². The van der Waals surface area contributed by atoms with E-state index in [4.69, 9.17) is 5.26 Å². The lowest BCUT2D eigenvalue weighted by Crippen LogP contribution is -2.39. The highest BCUT2D eigenvalue weighted by atomic mass is 32.2. The largest absolute Gasteiger partial charge is 0.277 e. The SMILES string of the molecule is CC1=C(C#N)C(=O)N(C)C(=O)/C1=C\C=C1Sc2ccccc2S1. The van der Waals surface area contributed by atoms with E-state index in [0.717, 1.165) is 9.14 Å². The van der Waals surface area contributed by atoms with Gasteiger partial charge in [-0.15, -0.1) is 0 Å². The van der Waals surface area contributed by atoms with Crippen molar-refractivity contribution in [3.05, 3.63) is 57.4 Å². The Bertz CT molecular complexity index is 833. The molecule has 1 aromatic carbocycles. The number of benzene rings is 1. The smallest absolute Gasteiger partial charge is 0.271 e. The summed E-state index contributed by atoms with van der Waals surface area (Å²) in [6.07, 6.45) is 3.56. The van der Waals surface area contributed by atoms with Crippen LogP contribution in [0.25, 0.3) is 0 Å². The first-order chi connectivity index (χ1) is 11.0. The molecule has 0 bridgehead atoms. The number of hydrogen-bond acceptors (Lipinski definition) is 5. The zero-order chi connectivity index (χ0) is 16.6. The highest BCUT2D eigenvalue weighted by Gasteiger charge is 2.32. The van der Waals surface area contributed by atoms with Gasteiger partial charge in [0.2, 0.25) is 0 Å². The molecular weight excluding hydrogens is 328 g/mol. The Kier molecular flexibility index (Phi) is 4.16. The van der Waals surface area contributed by atoms with Gasteiger partial charge in [0.05, 0.1) is 0 Å². The number of imide groups is 1. The van der Waals surface area contributed by atoms with E-state index in [2.05, 4.69) is 12.1 Å². The maximum Gasteiger partial charge on any atom is 0.271 e. The lowest BCUT2D eigenvalue weighted by Gasteiger charge is -2.23. The topological polar surface area (TPSA) is 61.2 Å². The molecule has 2 heterocycles. The zero-order valence-electron chi connectivity index (χ0n) is 12.5. The number of amides is 2. The number of nitrogens with zero attached hydrogens (tertiary/aromatic N) is 2. The van der Waals surface area contributed by atoms with Crippen LogP contribution >= 0.6 is 23.5 Å². The molecule has 0 radical (unpaired) electrons. The number of rotatable bonds is 1. The fourth-order valence-corrected chi connectivity index (χ4v) is 4.59. The molecule has 0 unspecified atom stereocenters. The van der Waals surface area contributed by atoms with Crippen molar-refractivity contribution in [1.82, 2.24) is 4.90 Å². The molecule has 6 heteroatoms. The van der Waals surface area contributed by atoms with Gasteiger partial charge in [-0.25, -0.2) is 0 Å². The average Bonchev–Trinajstić information content (AvgIpc) is 2.96. The zero-order valence-corrected chi connectivity index (χ0v) is 14.1. The van der Waals surface area contributed by atoms with Crippen molar-refractivity contribution in [2.45, 2.75) is 16.7 Å². The van der Waals surface area contributed by atoms with Gasteiger partial charge in [-0.1, -0.05) is 35.7 Å². The lowest BCUT2D eigenvalue weighted by atomic mass is 9.95. The number of allylic oxidation sites excluding steroid dienone is 2. The Morgan fingerprint density at radius 3 is 2.26 bits per heavy atom. The first-order valence-electron chi connectivity index (χ1n) is 6.83. The molecule has 1 aromatic rings. The standard InChI is InChI=1S/C17H12N2O2S2/c1-10-11(16(20)19(2)17(21)12(10)9-18)7-8-15-22-13-5-3-4-6-14(13)23-15/h3-8H,1-2H3/b11-7-. The van der Waals surface area contributed by atoms with Crippen LogP contribution in [0.1, 0.15) is 6.92 Å². The molecule has 0 spiro atoms. The Hall–Kier alpha value is -2.23. The summed E-state index contributed by atoms with van der Waals surface area (Å²) in [5.41, 5.74) is 0.836. The summed E-state index contributed by atoms with van der Waals surface area (Å²) in [5, 5.41) is 9.13. The molecule has 4 nitrogen and oxygen atoms in total. The third-order valence-corrected chi connectivity index (χ3v) is 6.06. The summed E-state index contributed by atoms with van der Waals surface area (Å²) in [6.45, 7) is 1.63. The van der Waals surface area contributed by atoms with Gasteiger partial charge in [0.25, 0.3) is 11.8 Å². The third kappa shape index (κ3) is 2.74. The predicted octanol–water partition coefficient (Wildman–Crippen LogP) is 3.49. The first kappa shape index (κ1) is 15.7.